The second-order valence-corrected chi connectivity index (χ2v) is 11.3. The highest BCUT2D eigenvalue weighted by Crippen LogP contribution is 2.28. The molecule has 0 unspecified atom stereocenters. The van der Waals surface area contributed by atoms with Gasteiger partial charge in [-0.15, -0.1) is 11.3 Å². The zero-order chi connectivity index (χ0) is 21.8. The molecule has 1 N–H and O–H groups in total. The van der Waals surface area contributed by atoms with Crippen LogP contribution in [0.5, 0.6) is 0 Å². The third-order valence-corrected chi connectivity index (χ3v) is 8.81. The molecule has 0 saturated carbocycles. The molecule has 7 nitrogen and oxygen atoms in total. The number of nitrogens with zero attached hydrogens (tertiary/aromatic N) is 3. The van der Waals surface area contributed by atoms with Gasteiger partial charge >= 0.3 is 0 Å². The van der Waals surface area contributed by atoms with Crippen LogP contribution in [-0.4, -0.2) is 41.3 Å². The minimum atomic E-state index is -3.54. The van der Waals surface area contributed by atoms with E-state index < -0.39 is 10.0 Å². The quantitative estimate of drug-likeness (QED) is 0.590. The van der Waals surface area contributed by atoms with Crippen molar-refractivity contribution >= 4 is 27.3 Å². The van der Waals surface area contributed by atoms with Gasteiger partial charge in [0.05, 0.1) is 12.2 Å². The molecule has 1 aliphatic heterocycles. The maximum atomic E-state index is 12.9. The largest absolute Gasteiger partial charge is 0.352 e. The number of rotatable bonds is 7. The Labute approximate surface area is 186 Å². The van der Waals surface area contributed by atoms with Crippen LogP contribution in [0.25, 0.3) is 0 Å². The van der Waals surface area contributed by atoms with E-state index in [1.54, 1.807) is 18.6 Å². The Bertz CT molecular complexity index is 1120. The first-order valence-corrected chi connectivity index (χ1v) is 12.6. The van der Waals surface area contributed by atoms with Gasteiger partial charge in [-0.3, -0.25) is 4.79 Å². The average Bonchev–Trinajstić information content (AvgIpc) is 3.45. The van der Waals surface area contributed by atoms with Crippen LogP contribution in [-0.2, 0) is 27.9 Å². The molecule has 2 aromatic heterocycles. The molecule has 164 valence electrons. The van der Waals surface area contributed by atoms with Crippen molar-refractivity contribution in [3.8, 4) is 0 Å². The first-order valence-electron chi connectivity index (χ1n) is 10.3. The summed E-state index contributed by atoms with van der Waals surface area (Å²) >= 11 is 1.27. The summed E-state index contributed by atoms with van der Waals surface area (Å²) in [7, 11) is -3.54. The number of hydrogen-bond acceptors (Lipinski definition) is 5. The summed E-state index contributed by atoms with van der Waals surface area (Å²) in [6.45, 7) is 3.76. The van der Waals surface area contributed by atoms with Crippen molar-refractivity contribution in [3.05, 3.63) is 71.1 Å². The number of imidazole rings is 1. The van der Waals surface area contributed by atoms with Crippen molar-refractivity contribution in [3.63, 3.8) is 0 Å². The van der Waals surface area contributed by atoms with Crippen molar-refractivity contribution in [2.45, 2.75) is 37.1 Å². The molecule has 3 heterocycles. The number of benzene rings is 1. The molecule has 1 amide bonds. The van der Waals surface area contributed by atoms with Gasteiger partial charge < -0.3 is 9.88 Å². The number of piperidine rings is 1. The number of nitrogens with one attached hydrogen (secondary N) is 1. The molecular formula is C22H26N4O3S2. The van der Waals surface area contributed by atoms with Crippen LogP contribution in [0.4, 0.5) is 0 Å². The van der Waals surface area contributed by atoms with E-state index >= 15 is 0 Å². The molecule has 9 heteroatoms. The second-order valence-electron chi connectivity index (χ2n) is 7.84. The first kappa shape index (κ1) is 21.7. The number of carbonyl (C=O) groups excluding carboxylic acids is 1. The van der Waals surface area contributed by atoms with Crippen LogP contribution in [0, 0.1) is 12.8 Å². The van der Waals surface area contributed by atoms with Crippen molar-refractivity contribution in [2.75, 3.05) is 13.1 Å². The predicted octanol–water partition coefficient (Wildman–Crippen LogP) is 3.02. The number of sulfonamides is 1. The summed E-state index contributed by atoms with van der Waals surface area (Å²) in [5.41, 5.74) is 2.17. The lowest BCUT2D eigenvalue weighted by Crippen LogP contribution is -2.45. The Morgan fingerprint density at radius 3 is 2.65 bits per heavy atom. The van der Waals surface area contributed by atoms with Crippen molar-refractivity contribution in [1.82, 2.24) is 19.2 Å². The maximum Gasteiger partial charge on any atom is 0.252 e. The number of thiophene rings is 1. The molecule has 4 rings (SSSR count). The van der Waals surface area contributed by atoms with Crippen LogP contribution in [0.1, 0.15) is 28.8 Å². The summed E-state index contributed by atoms with van der Waals surface area (Å²) in [5, 5.41) is 2.98. The predicted molar refractivity (Wildman–Crippen MR) is 120 cm³/mol. The number of aromatic nitrogens is 2. The van der Waals surface area contributed by atoms with E-state index in [1.165, 1.54) is 15.6 Å². The van der Waals surface area contributed by atoms with Gasteiger partial charge in [-0.1, -0.05) is 24.3 Å². The molecular weight excluding hydrogens is 432 g/mol. The van der Waals surface area contributed by atoms with Gasteiger partial charge in [0.15, 0.2) is 0 Å². The van der Waals surface area contributed by atoms with Crippen molar-refractivity contribution < 1.29 is 13.2 Å². The molecule has 31 heavy (non-hydrogen) atoms. The van der Waals surface area contributed by atoms with Gasteiger partial charge in [0.2, 0.25) is 5.91 Å². The normalized spacial score (nSPS) is 17.5. The minimum absolute atomic E-state index is 0.0928. The summed E-state index contributed by atoms with van der Waals surface area (Å²) in [5.74, 6) is -0.421. The third-order valence-electron chi connectivity index (χ3n) is 5.48. The van der Waals surface area contributed by atoms with Crippen LogP contribution in [0.3, 0.4) is 0 Å². The van der Waals surface area contributed by atoms with E-state index in [2.05, 4.69) is 10.3 Å². The fourth-order valence-electron chi connectivity index (χ4n) is 3.74. The summed E-state index contributed by atoms with van der Waals surface area (Å²) < 4.78 is 29.6. The van der Waals surface area contributed by atoms with Gasteiger partial charge in [0.25, 0.3) is 10.0 Å². The van der Waals surface area contributed by atoms with Gasteiger partial charge in [-0.25, -0.2) is 13.4 Å². The van der Waals surface area contributed by atoms with Crippen LogP contribution < -0.4 is 5.32 Å². The number of hydrogen-bond donors (Lipinski definition) is 1. The minimum Gasteiger partial charge on any atom is -0.352 e. The lowest BCUT2D eigenvalue weighted by molar-refractivity contribution is -0.126. The van der Waals surface area contributed by atoms with E-state index in [-0.39, 0.29) is 18.4 Å². The molecule has 1 atom stereocenters. The van der Waals surface area contributed by atoms with E-state index in [9.17, 15) is 13.2 Å². The zero-order valence-corrected chi connectivity index (χ0v) is 19.0. The lowest BCUT2D eigenvalue weighted by atomic mass is 9.98. The lowest BCUT2D eigenvalue weighted by Gasteiger charge is -2.30. The van der Waals surface area contributed by atoms with Crippen LogP contribution >= 0.6 is 11.3 Å². The molecule has 0 aliphatic carbocycles. The van der Waals surface area contributed by atoms with E-state index in [0.717, 1.165) is 22.5 Å². The highest BCUT2D eigenvalue weighted by molar-refractivity contribution is 7.91. The van der Waals surface area contributed by atoms with Gasteiger partial charge in [0.1, 0.15) is 4.21 Å². The second kappa shape index (κ2) is 9.33. The summed E-state index contributed by atoms with van der Waals surface area (Å²) in [4.78, 5) is 17.7. The van der Waals surface area contributed by atoms with E-state index in [4.69, 9.17) is 0 Å². The molecule has 3 aromatic rings. The number of carbonyl (C=O) groups is 1. The van der Waals surface area contributed by atoms with Gasteiger partial charge in [-0.2, -0.15) is 4.31 Å². The van der Waals surface area contributed by atoms with Crippen molar-refractivity contribution in [1.29, 1.82) is 0 Å². The summed E-state index contributed by atoms with van der Waals surface area (Å²) in [6.07, 6.45) is 6.83. The maximum absolute atomic E-state index is 12.9. The smallest absolute Gasteiger partial charge is 0.252 e. The zero-order valence-electron chi connectivity index (χ0n) is 17.4. The fourth-order valence-corrected chi connectivity index (χ4v) is 6.70. The fraction of sp³-hybridized carbons (Fsp3) is 0.364. The molecule has 0 spiro atoms. The van der Waals surface area contributed by atoms with Crippen LogP contribution in [0.2, 0.25) is 0 Å². The topological polar surface area (TPSA) is 84.3 Å². The Kier molecular flexibility index (Phi) is 6.54. The molecule has 0 radical (unpaired) electrons. The van der Waals surface area contributed by atoms with Gasteiger partial charge in [0, 0.05) is 43.4 Å². The van der Waals surface area contributed by atoms with E-state index in [1.807, 2.05) is 48.0 Å². The average molecular weight is 459 g/mol. The molecule has 1 aromatic carbocycles. The highest BCUT2D eigenvalue weighted by atomic mass is 32.2. The molecule has 1 saturated heterocycles. The van der Waals surface area contributed by atoms with Gasteiger partial charge in [-0.05, 0) is 43.0 Å². The Balaban J connectivity index is 1.32. The number of amides is 1. The van der Waals surface area contributed by atoms with Crippen LogP contribution in [0.15, 0.2) is 59.3 Å². The monoisotopic (exact) mass is 458 g/mol. The molecule has 1 aliphatic rings. The Morgan fingerprint density at radius 1 is 1.19 bits per heavy atom. The highest BCUT2D eigenvalue weighted by Gasteiger charge is 2.33. The third kappa shape index (κ3) is 5.23. The SMILES string of the molecule is Cc1ccc(S(=O)(=O)N2CCC[C@@H](C(=O)NCc3ccc(Cn4ccnc4)cc3)C2)s1. The van der Waals surface area contributed by atoms with Crippen molar-refractivity contribution in [2.24, 2.45) is 5.92 Å². The summed E-state index contributed by atoms with van der Waals surface area (Å²) in [6, 6.07) is 11.5. The Morgan fingerprint density at radius 2 is 1.97 bits per heavy atom. The molecule has 1 fully saturated rings. The standard InChI is InChI=1S/C22H26N4O3S2/c1-17-4-9-21(30-17)31(28,29)26-11-2-3-20(15-26)22(27)24-13-18-5-7-19(8-6-18)14-25-12-10-23-16-25/h4-10,12,16,20H,2-3,11,13-15H2,1H3,(H,24,27)/t20-/m1/s1. The van der Waals surface area contributed by atoms with E-state index in [0.29, 0.717) is 30.1 Å². The first-order chi connectivity index (χ1) is 14.9. The Hall–Kier alpha value is -2.49. The number of aryl methyl sites for hydroxylation is 1. The molecule has 0 bridgehead atoms.